The van der Waals surface area contributed by atoms with E-state index < -0.39 is 5.97 Å². The fourth-order valence-electron chi connectivity index (χ4n) is 4.34. The summed E-state index contributed by atoms with van der Waals surface area (Å²) in [5, 5.41) is 14.7. The lowest BCUT2D eigenvalue weighted by Crippen LogP contribution is -2.40. The zero-order valence-corrected chi connectivity index (χ0v) is 18.5. The van der Waals surface area contributed by atoms with E-state index in [-0.39, 0.29) is 24.0 Å². The Kier molecular flexibility index (Phi) is 7.12. The van der Waals surface area contributed by atoms with E-state index >= 15 is 0 Å². The summed E-state index contributed by atoms with van der Waals surface area (Å²) in [5.74, 6) is -0.548. The minimum atomic E-state index is -0.731. The Morgan fingerprint density at radius 1 is 0.879 bits per heavy atom. The third-order valence-corrected chi connectivity index (χ3v) is 6.26. The molecule has 1 aliphatic heterocycles. The average molecular weight is 452 g/mol. The molecule has 0 saturated heterocycles. The summed E-state index contributed by atoms with van der Waals surface area (Å²) in [6.45, 7) is 1.88. The van der Waals surface area contributed by atoms with Gasteiger partial charge in [-0.05, 0) is 61.1 Å². The molecule has 0 atom stereocenters. The number of carboxylic acids is 1. The van der Waals surface area contributed by atoms with Gasteiger partial charge in [-0.2, -0.15) is 0 Å². The highest BCUT2D eigenvalue weighted by Crippen LogP contribution is 2.28. The summed E-state index contributed by atoms with van der Waals surface area (Å²) in [6.07, 6.45) is 2.69. The molecule has 2 aromatic rings. The fourth-order valence-corrected chi connectivity index (χ4v) is 4.34. The van der Waals surface area contributed by atoms with Crippen LogP contribution in [0.2, 0.25) is 0 Å². The van der Waals surface area contributed by atoms with Crippen molar-refractivity contribution in [1.82, 2.24) is 15.5 Å². The van der Waals surface area contributed by atoms with Gasteiger partial charge < -0.3 is 25.4 Å². The molecule has 0 radical (unpaired) electrons. The van der Waals surface area contributed by atoms with Gasteiger partial charge in [-0.1, -0.05) is 24.3 Å². The van der Waals surface area contributed by atoms with E-state index in [1.54, 1.807) is 29.2 Å². The number of carbonyl (C=O) groups excluding carboxylic acids is 2. The number of hydrogen-bond acceptors (Lipinski definition) is 4. The van der Waals surface area contributed by atoms with Crippen LogP contribution in [-0.4, -0.2) is 47.1 Å². The van der Waals surface area contributed by atoms with E-state index in [9.17, 15) is 14.4 Å². The SMILES string of the molecule is O=C(NCCNC(=O)N1Cc2ccccc2C1)c1ccc(O[C@H]2CC[C@@H](C(=O)O)CC2)cc1. The van der Waals surface area contributed by atoms with Crippen molar-refractivity contribution in [2.45, 2.75) is 44.9 Å². The molecule has 8 nitrogen and oxygen atoms in total. The van der Waals surface area contributed by atoms with E-state index in [2.05, 4.69) is 10.6 Å². The van der Waals surface area contributed by atoms with Gasteiger partial charge in [0.1, 0.15) is 5.75 Å². The summed E-state index contributed by atoms with van der Waals surface area (Å²) in [7, 11) is 0. The molecule has 33 heavy (non-hydrogen) atoms. The minimum Gasteiger partial charge on any atom is -0.490 e. The second-order valence-corrected chi connectivity index (χ2v) is 8.57. The molecule has 3 amide bonds. The third kappa shape index (κ3) is 5.83. The number of aliphatic carboxylic acids is 1. The van der Waals surface area contributed by atoms with Gasteiger partial charge in [0.05, 0.1) is 12.0 Å². The maximum absolute atomic E-state index is 12.4. The van der Waals surface area contributed by atoms with Crippen LogP contribution in [0, 0.1) is 5.92 Å². The Morgan fingerprint density at radius 2 is 1.48 bits per heavy atom. The van der Waals surface area contributed by atoms with Gasteiger partial charge in [-0.25, -0.2) is 4.79 Å². The van der Waals surface area contributed by atoms with Crippen LogP contribution in [0.15, 0.2) is 48.5 Å². The van der Waals surface area contributed by atoms with E-state index in [0.717, 1.165) is 0 Å². The highest BCUT2D eigenvalue weighted by molar-refractivity contribution is 5.94. The van der Waals surface area contributed by atoms with E-state index in [0.29, 0.717) is 63.2 Å². The molecule has 3 N–H and O–H groups in total. The first-order chi connectivity index (χ1) is 16.0. The van der Waals surface area contributed by atoms with E-state index in [4.69, 9.17) is 9.84 Å². The molecule has 2 aromatic carbocycles. The van der Waals surface area contributed by atoms with Crippen LogP contribution in [-0.2, 0) is 17.9 Å². The van der Waals surface area contributed by atoms with Crippen LogP contribution in [0.25, 0.3) is 0 Å². The Balaban J connectivity index is 1.15. The smallest absolute Gasteiger partial charge is 0.318 e. The first kappa shape index (κ1) is 22.6. The highest BCUT2D eigenvalue weighted by atomic mass is 16.5. The number of benzene rings is 2. The third-order valence-electron chi connectivity index (χ3n) is 6.26. The molecular weight excluding hydrogens is 422 g/mol. The van der Waals surface area contributed by atoms with Crippen LogP contribution >= 0.6 is 0 Å². The maximum atomic E-state index is 12.4. The summed E-state index contributed by atoms with van der Waals surface area (Å²) < 4.78 is 5.94. The van der Waals surface area contributed by atoms with Gasteiger partial charge >= 0.3 is 12.0 Å². The lowest BCUT2D eigenvalue weighted by atomic mass is 9.87. The maximum Gasteiger partial charge on any atom is 0.318 e. The second kappa shape index (κ2) is 10.4. The van der Waals surface area contributed by atoms with Gasteiger partial charge in [0.15, 0.2) is 0 Å². The molecule has 0 bridgehead atoms. The number of rotatable bonds is 7. The number of urea groups is 1. The van der Waals surface area contributed by atoms with Gasteiger partial charge in [-0.3, -0.25) is 9.59 Å². The number of amides is 3. The number of fused-ring (bicyclic) bond motifs is 1. The molecule has 4 rings (SSSR count). The van der Waals surface area contributed by atoms with Crippen molar-refractivity contribution in [3.05, 3.63) is 65.2 Å². The van der Waals surface area contributed by atoms with E-state index in [1.807, 2.05) is 24.3 Å². The minimum absolute atomic E-state index is 0.00675. The molecule has 1 aliphatic carbocycles. The van der Waals surface area contributed by atoms with Crippen molar-refractivity contribution >= 4 is 17.9 Å². The van der Waals surface area contributed by atoms with Crippen molar-refractivity contribution in [2.24, 2.45) is 5.92 Å². The van der Waals surface area contributed by atoms with Crippen LogP contribution in [0.1, 0.15) is 47.2 Å². The van der Waals surface area contributed by atoms with Crippen molar-refractivity contribution in [1.29, 1.82) is 0 Å². The molecule has 0 unspecified atom stereocenters. The lowest BCUT2D eigenvalue weighted by Gasteiger charge is -2.26. The topological polar surface area (TPSA) is 108 Å². The number of hydrogen-bond donors (Lipinski definition) is 3. The van der Waals surface area contributed by atoms with Gasteiger partial charge in [0.25, 0.3) is 5.91 Å². The molecular formula is C25H29N3O5. The predicted octanol–water partition coefficient (Wildman–Crippen LogP) is 3.16. The molecule has 1 saturated carbocycles. The quantitative estimate of drug-likeness (QED) is 0.561. The summed E-state index contributed by atoms with van der Waals surface area (Å²) in [5.41, 5.74) is 2.85. The molecule has 2 aliphatic rings. The lowest BCUT2D eigenvalue weighted by molar-refractivity contribution is -0.143. The number of carbonyl (C=O) groups is 3. The van der Waals surface area contributed by atoms with Gasteiger partial charge in [-0.15, -0.1) is 0 Å². The van der Waals surface area contributed by atoms with Crippen LogP contribution in [0.5, 0.6) is 5.75 Å². The fraction of sp³-hybridized carbons (Fsp3) is 0.400. The Bertz CT molecular complexity index is 974. The van der Waals surface area contributed by atoms with Crippen molar-refractivity contribution in [3.63, 3.8) is 0 Å². The van der Waals surface area contributed by atoms with Crippen LogP contribution in [0.4, 0.5) is 4.79 Å². The summed E-state index contributed by atoms with van der Waals surface area (Å²) in [6, 6.07) is 14.8. The van der Waals surface area contributed by atoms with Crippen molar-refractivity contribution in [2.75, 3.05) is 13.1 Å². The summed E-state index contributed by atoms with van der Waals surface area (Å²) >= 11 is 0. The first-order valence-electron chi connectivity index (χ1n) is 11.4. The highest BCUT2D eigenvalue weighted by Gasteiger charge is 2.27. The molecule has 174 valence electrons. The van der Waals surface area contributed by atoms with Crippen LogP contribution < -0.4 is 15.4 Å². The number of ether oxygens (including phenoxy) is 1. The van der Waals surface area contributed by atoms with Crippen molar-refractivity contribution in [3.8, 4) is 5.75 Å². The zero-order valence-electron chi connectivity index (χ0n) is 18.5. The molecule has 1 fully saturated rings. The standard InChI is InChI=1S/C25H29N3O5/c29-23(26-13-14-27-25(32)28-15-19-3-1-2-4-20(19)16-28)17-5-9-21(10-6-17)33-22-11-7-18(8-12-22)24(30)31/h1-6,9-10,18,22H,7-8,11-16H2,(H,26,29)(H,27,32)(H,30,31)/t18-,22+. The Morgan fingerprint density at radius 3 is 2.09 bits per heavy atom. The zero-order chi connectivity index (χ0) is 23.2. The van der Waals surface area contributed by atoms with Crippen LogP contribution in [0.3, 0.4) is 0 Å². The largest absolute Gasteiger partial charge is 0.490 e. The molecule has 0 spiro atoms. The Hall–Kier alpha value is -3.55. The second-order valence-electron chi connectivity index (χ2n) is 8.57. The molecule has 0 aromatic heterocycles. The molecule has 8 heteroatoms. The van der Waals surface area contributed by atoms with E-state index in [1.165, 1.54) is 11.1 Å². The number of carboxylic acid groups (broad SMARTS) is 1. The van der Waals surface area contributed by atoms with Gasteiger partial charge in [0, 0.05) is 31.7 Å². The number of nitrogens with one attached hydrogen (secondary N) is 2. The monoisotopic (exact) mass is 451 g/mol. The average Bonchev–Trinajstić information content (AvgIpc) is 3.27. The normalized spacial score (nSPS) is 19.5. The predicted molar refractivity (Wildman–Crippen MR) is 122 cm³/mol. The van der Waals surface area contributed by atoms with Crippen molar-refractivity contribution < 1.29 is 24.2 Å². The Labute approximate surface area is 192 Å². The molecule has 1 heterocycles. The first-order valence-corrected chi connectivity index (χ1v) is 11.4. The number of nitrogens with zero attached hydrogens (tertiary/aromatic N) is 1. The summed E-state index contributed by atoms with van der Waals surface area (Å²) in [4.78, 5) is 37.5. The van der Waals surface area contributed by atoms with Gasteiger partial charge in [0.2, 0.25) is 0 Å².